The zero-order valence-electron chi connectivity index (χ0n) is 10.5. The predicted octanol–water partition coefficient (Wildman–Crippen LogP) is 3.38. The molecule has 0 aliphatic carbocycles. The lowest BCUT2D eigenvalue weighted by Crippen LogP contribution is -2.37. The molecule has 2 N–H and O–H groups in total. The van der Waals surface area contributed by atoms with Gasteiger partial charge in [-0.3, -0.25) is 9.59 Å². The minimum absolute atomic E-state index is 0.149. The number of hydrogen-bond donors (Lipinski definition) is 2. The highest BCUT2D eigenvalue weighted by Crippen LogP contribution is 2.26. The largest absolute Gasteiger partial charge is 0.352 e. The van der Waals surface area contributed by atoms with Crippen molar-refractivity contribution in [1.82, 2.24) is 10.6 Å². The van der Waals surface area contributed by atoms with E-state index in [9.17, 15) is 9.59 Å². The number of amides is 2. The van der Waals surface area contributed by atoms with Gasteiger partial charge in [0.2, 0.25) is 0 Å². The van der Waals surface area contributed by atoms with Gasteiger partial charge >= 0.3 is 0 Å². The highest BCUT2D eigenvalue weighted by Gasteiger charge is 2.31. The van der Waals surface area contributed by atoms with E-state index in [2.05, 4.69) is 10.6 Å². The van der Waals surface area contributed by atoms with Gasteiger partial charge in [-0.05, 0) is 18.8 Å². The summed E-state index contributed by atoms with van der Waals surface area (Å²) >= 11 is 32.4. The van der Waals surface area contributed by atoms with Gasteiger partial charge in [0.15, 0.2) is 0 Å². The minimum atomic E-state index is -1.96. The van der Waals surface area contributed by atoms with E-state index in [1.807, 2.05) is 6.92 Å². The molecule has 0 spiro atoms. The number of carbonyl (C=O) groups is 2. The summed E-state index contributed by atoms with van der Waals surface area (Å²) in [5.41, 5.74) is 0. The van der Waals surface area contributed by atoms with Crippen LogP contribution in [0.15, 0.2) is 0 Å². The van der Waals surface area contributed by atoms with Gasteiger partial charge in [0.05, 0.1) is 0 Å². The van der Waals surface area contributed by atoms with Gasteiger partial charge in [-0.1, -0.05) is 76.5 Å². The number of rotatable bonds is 6. The monoisotopic (exact) mass is 404 g/mol. The van der Waals surface area contributed by atoms with Gasteiger partial charge in [-0.25, -0.2) is 0 Å². The molecule has 0 aromatic rings. The molecule has 0 saturated heterocycles. The number of carbonyl (C=O) groups excluding carboxylic acids is 2. The Hall–Kier alpha value is 0.680. The SMILES string of the molecule is CC(CCCNC(=O)C(Cl)(Cl)Cl)CNC(=O)C(Cl)(Cl)Cl. The van der Waals surface area contributed by atoms with Crippen LogP contribution in [0.4, 0.5) is 0 Å². The molecule has 2 amide bonds. The maximum absolute atomic E-state index is 11.3. The fraction of sp³-hybridized carbons (Fsp3) is 0.800. The summed E-state index contributed by atoms with van der Waals surface area (Å²) in [6, 6.07) is 0. The molecule has 1 atom stereocenters. The van der Waals surface area contributed by atoms with E-state index in [-0.39, 0.29) is 5.92 Å². The van der Waals surface area contributed by atoms with E-state index < -0.39 is 19.4 Å². The highest BCUT2D eigenvalue weighted by molar-refractivity contribution is 6.76. The summed E-state index contributed by atoms with van der Waals surface area (Å²) in [6.45, 7) is 2.65. The maximum Gasteiger partial charge on any atom is 0.272 e. The fourth-order valence-electron chi connectivity index (χ4n) is 1.22. The number of alkyl halides is 6. The average Bonchev–Trinajstić information content (AvgIpc) is 2.28. The van der Waals surface area contributed by atoms with Gasteiger partial charge in [-0.15, -0.1) is 0 Å². The second kappa shape index (κ2) is 8.96. The third-order valence-corrected chi connectivity index (χ3v) is 3.32. The average molecular weight is 407 g/mol. The molecule has 0 rings (SSSR count). The van der Waals surface area contributed by atoms with Crippen molar-refractivity contribution in [2.75, 3.05) is 13.1 Å². The molecule has 0 aliphatic heterocycles. The summed E-state index contributed by atoms with van der Waals surface area (Å²) in [6.07, 6.45) is 1.40. The van der Waals surface area contributed by atoms with Crippen LogP contribution in [-0.2, 0) is 9.59 Å². The van der Waals surface area contributed by atoms with Crippen molar-refractivity contribution in [3.63, 3.8) is 0 Å². The molecule has 0 bridgehead atoms. The van der Waals surface area contributed by atoms with E-state index in [4.69, 9.17) is 69.6 Å². The Bertz CT molecular complexity index is 340. The van der Waals surface area contributed by atoms with Gasteiger partial charge < -0.3 is 10.6 Å². The highest BCUT2D eigenvalue weighted by atomic mass is 35.6. The van der Waals surface area contributed by atoms with Gasteiger partial charge in [0.1, 0.15) is 0 Å². The Kier molecular flexibility index (Phi) is 9.27. The lowest BCUT2D eigenvalue weighted by Gasteiger charge is -2.16. The predicted molar refractivity (Wildman–Crippen MR) is 85.0 cm³/mol. The van der Waals surface area contributed by atoms with Crippen LogP contribution in [0.1, 0.15) is 19.8 Å². The summed E-state index contributed by atoms with van der Waals surface area (Å²) in [4.78, 5) is 22.5. The summed E-state index contributed by atoms with van der Waals surface area (Å²) in [7, 11) is 0. The Morgan fingerprint density at radius 1 is 0.950 bits per heavy atom. The van der Waals surface area contributed by atoms with Gasteiger partial charge in [-0.2, -0.15) is 0 Å². The van der Waals surface area contributed by atoms with Crippen LogP contribution >= 0.6 is 69.6 Å². The smallest absolute Gasteiger partial charge is 0.272 e. The molecular formula is C10H14Cl6N2O2. The quantitative estimate of drug-likeness (QED) is 0.524. The van der Waals surface area contributed by atoms with Crippen LogP contribution in [0.2, 0.25) is 0 Å². The van der Waals surface area contributed by atoms with Crippen molar-refractivity contribution in [3.8, 4) is 0 Å². The first kappa shape index (κ1) is 20.7. The van der Waals surface area contributed by atoms with Crippen molar-refractivity contribution in [1.29, 1.82) is 0 Å². The third kappa shape index (κ3) is 9.59. The van der Waals surface area contributed by atoms with Crippen molar-refractivity contribution < 1.29 is 9.59 Å². The third-order valence-electron chi connectivity index (χ3n) is 2.29. The topological polar surface area (TPSA) is 58.2 Å². The molecule has 20 heavy (non-hydrogen) atoms. The molecular weight excluding hydrogens is 393 g/mol. The van der Waals surface area contributed by atoms with Crippen LogP contribution < -0.4 is 10.6 Å². The zero-order chi connectivity index (χ0) is 16.0. The van der Waals surface area contributed by atoms with Crippen molar-refractivity contribution in [2.24, 2.45) is 5.92 Å². The number of halogens is 6. The molecule has 10 heteroatoms. The number of nitrogens with one attached hydrogen (secondary N) is 2. The summed E-state index contributed by atoms with van der Waals surface area (Å²) in [5, 5.41) is 4.99. The van der Waals surface area contributed by atoms with Crippen molar-refractivity contribution >= 4 is 81.4 Å². The van der Waals surface area contributed by atoms with E-state index in [0.717, 1.165) is 6.42 Å². The molecule has 0 aromatic carbocycles. The summed E-state index contributed by atoms with van der Waals surface area (Å²) in [5.74, 6) is -1.19. The van der Waals surface area contributed by atoms with Crippen LogP contribution in [-0.4, -0.2) is 32.5 Å². The minimum Gasteiger partial charge on any atom is -0.352 e. The lowest BCUT2D eigenvalue weighted by molar-refractivity contribution is -0.121. The van der Waals surface area contributed by atoms with Crippen LogP contribution in [0.3, 0.4) is 0 Å². The lowest BCUT2D eigenvalue weighted by atomic mass is 10.1. The first-order valence-electron chi connectivity index (χ1n) is 5.64. The first-order chi connectivity index (χ1) is 8.94. The van der Waals surface area contributed by atoms with E-state index in [0.29, 0.717) is 19.5 Å². The number of hydrogen-bond acceptors (Lipinski definition) is 2. The van der Waals surface area contributed by atoms with Crippen molar-refractivity contribution in [2.45, 2.75) is 27.4 Å². The zero-order valence-corrected chi connectivity index (χ0v) is 15.0. The molecule has 0 aliphatic rings. The Labute approximate surface area is 147 Å². The Morgan fingerprint density at radius 2 is 1.40 bits per heavy atom. The van der Waals surface area contributed by atoms with Crippen LogP contribution in [0.5, 0.6) is 0 Å². The van der Waals surface area contributed by atoms with Crippen LogP contribution in [0.25, 0.3) is 0 Å². The molecule has 0 radical (unpaired) electrons. The molecule has 0 fully saturated rings. The summed E-state index contributed by atoms with van der Waals surface area (Å²) < 4.78 is -3.91. The van der Waals surface area contributed by atoms with E-state index in [1.165, 1.54) is 0 Å². The maximum atomic E-state index is 11.3. The standard InChI is InChI=1S/C10H14Cl6N2O2/c1-6(5-18-8(20)10(14,15)16)3-2-4-17-7(19)9(11,12)13/h6H,2-5H2,1H3,(H,17,19)(H,18,20). The van der Waals surface area contributed by atoms with Gasteiger partial charge in [0.25, 0.3) is 19.4 Å². The Morgan fingerprint density at radius 3 is 1.85 bits per heavy atom. The van der Waals surface area contributed by atoms with E-state index >= 15 is 0 Å². The second-order valence-corrected chi connectivity index (χ2v) is 8.77. The molecule has 0 heterocycles. The molecule has 0 saturated carbocycles. The van der Waals surface area contributed by atoms with Crippen LogP contribution in [0, 0.1) is 5.92 Å². The fourth-order valence-corrected chi connectivity index (χ4v) is 1.62. The molecule has 1 unspecified atom stereocenters. The van der Waals surface area contributed by atoms with Crippen molar-refractivity contribution in [3.05, 3.63) is 0 Å². The first-order valence-corrected chi connectivity index (χ1v) is 7.91. The molecule has 4 nitrogen and oxygen atoms in total. The van der Waals surface area contributed by atoms with Gasteiger partial charge in [0, 0.05) is 13.1 Å². The Balaban J connectivity index is 3.78. The van der Waals surface area contributed by atoms with E-state index in [1.54, 1.807) is 0 Å². The molecule has 0 aromatic heterocycles. The second-order valence-electron chi connectivity index (χ2n) is 4.21. The molecule has 118 valence electrons. The normalized spacial score (nSPS) is 13.8.